The predicted octanol–water partition coefficient (Wildman–Crippen LogP) is 12.5. The summed E-state index contributed by atoms with van der Waals surface area (Å²) in [4.78, 5) is 23.9. The van der Waals surface area contributed by atoms with Crippen LogP contribution in [0.5, 0.6) is 0 Å². The Morgan fingerprint density at radius 1 is 0.377 bits per heavy atom. The largest absolute Gasteiger partial charge is 0.466 e. The Morgan fingerprint density at radius 2 is 0.585 bits per heavy atom. The van der Waals surface area contributed by atoms with Crippen LogP contribution in [0, 0.1) is 10.8 Å². The summed E-state index contributed by atoms with van der Waals surface area (Å²) < 4.78 is 10.8. The fraction of sp³-hybridized carbons (Fsp3) is 0.909. The lowest BCUT2D eigenvalue weighted by atomic mass is 10.0. The van der Waals surface area contributed by atoms with Crippen molar-refractivity contribution in [3.8, 4) is 0 Å². The minimum atomic E-state index is -0.312. The molecule has 0 fully saturated rings. The van der Waals surface area contributed by atoms with Gasteiger partial charge >= 0.3 is 11.9 Å². The van der Waals surface area contributed by atoms with Crippen LogP contribution in [0.25, 0.3) is 0 Å². The maximum atomic E-state index is 12.0. The van der Waals surface area contributed by atoms with Gasteiger partial charge in [0, 0.05) is 12.8 Å². The van der Waals surface area contributed by atoms with E-state index in [0.29, 0.717) is 26.1 Å². The Hall–Kier alpha value is -2.32. The Morgan fingerprint density at radius 3 is 0.792 bits per heavy atom. The van der Waals surface area contributed by atoms with Gasteiger partial charge in [-0.15, -0.1) is 0 Å². The third-order valence-electron chi connectivity index (χ3n) is 9.80. The van der Waals surface area contributed by atoms with Gasteiger partial charge in [-0.05, 0) is 38.5 Å². The highest BCUT2D eigenvalue weighted by Crippen LogP contribution is 2.15. The van der Waals surface area contributed by atoms with Gasteiger partial charge in [-0.25, -0.2) is 0 Å². The Balaban J connectivity index is 0. The van der Waals surface area contributed by atoms with Crippen molar-refractivity contribution in [2.24, 2.45) is 11.5 Å². The molecule has 0 bridgehead atoms. The van der Waals surface area contributed by atoms with E-state index in [-0.39, 0.29) is 23.9 Å². The summed E-state index contributed by atoms with van der Waals surface area (Å²) in [5, 5.41) is 15.0. The summed E-state index contributed by atoms with van der Waals surface area (Å²) in [5.74, 6) is -0.704. The van der Waals surface area contributed by atoms with E-state index in [2.05, 4.69) is 13.8 Å². The van der Waals surface area contributed by atoms with E-state index >= 15 is 0 Å². The van der Waals surface area contributed by atoms with Crippen LogP contribution in [0.4, 0.5) is 0 Å². The smallest absolute Gasteiger partial charge is 0.305 e. The van der Waals surface area contributed by atoms with E-state index < -0.39 is 0 Å². The van der Waals surface area contributed by atoms with Crippen molar-refractivity contribution in [2.75, 3.05) is 13.2 Å². The molecular formula is C44H89N5O4. The van der Waals surface area contributed by atoms with Crippen LogP contribution in [0.15, 0.2) is 0 Å². The number of carbonyl (C=O) groups is 2. The first-order valence-corrected chi connectivity index (χ1v) is 22.6. The number of nitrogens with one attached hydrogen (secondary N) is 3. The van der Waals surface area contributed by atoms with Crippen molar-refractivity contribution in [1.82, 2.24) is 5.32 Å². The summed E-state index contributed by atoms with van der Waals surface area (Å²) in [6.45, 7) is 5.61. The van der Waals surface area contributed by atoms with E-state index in [1.54, 1.807) is 0 Å². The molecule has 7 N–H and O–H groups in total. The van der Waals surface area contributed by atoms with Crippen molar-refractivity contribution in [3.63, 3.8) is 0 Å². The van der Waals surface area contributed by atoms with E-state index in [9.17, 15) is 9.59 Å². The molecule has 9 heteroatoms. The molecule has 0 aromatic carbocycles. The molecule has 0 heterocycles. The summed E-state index contributed by atoms with van der Waals surface area (Å²) in [5.41, 5.74) is 9.49. The second kappa shape index (κ2) is 45.8. The van der Waals surface area contributed by atoms with Gasteiger partial charge in [0.05, 0.1) is 13.2 Å². The number of hydrogen-bond acceptors (Lipinski definition) is 6. The molecule has 0 aliphatic carbocycles. The standard InChI is InChI=1S/C42H82O4.C2H7N5/c1-3-5-7-9-11-13-15-17-19-21-23-25-27-29-33-37-41(43)45-39-35-31-32-36-40-46-42(44)38-34-30-28-26-24-22-20-18-16-14-12-10-8-6-4-2;3-1(4)7-2(5)6/h3-40H2,1-2H3;(H7,3,4,5,6,7). The minimum Gasteiger partial charge on any atom is -0.466 e. The molecule has 0 radical (unpaired) electrons. The van der Waals surface area contributed by atoms with Crippen LogP contribution in [-0.2, 0) is 19.1 Å². The molecule has 0 unspecified atom stereocenters. The second-order valence-electron chi connectivity index (χ2n) is 15.2. The van der Waals surface area contributed by atoms with Gasteiger partial charge in [0.25, 0.3) is 0 Å². The third kappa shape index (κ3) is 51.8. The average Bonchev–Trinajstić information content (AvgIpc) is 3.12. The number of nitrogens with two attached hydrogens (primary N) is 2. The number of carbonyl (C=O) groups excluding carboxylic acids is 2. The highest BCUT2D eigenvalue weighted by molar-refractivity contribution is 5.93. The van der Waals surface area contributed by atoms with Gasteiger partial charge in [-0.1, -0.05) is 194 Å². The molecule has 314 valence electrons. The molecule has 0 spiro atoms. The zero-order valence-electron chi connectivity index (χ0n) is 35.2. The minimum absolute atomic E-state index is 0.0394. The average molecular weight is 752 g/mol. The first-order chi connectivity index (χ1) is 25.8. The van der Waals surface area contributed by atoms with Crippen molar-refractivity contribution >= 4 is 23.9 Å². The number of guanidine groups is 2. The lowest BCUT2D eigenvalue weighted by molar-refractivity contribution is -0.145. The van der Waals surface area contributed by atoms with Crippen LogP contribution in [0.2, 0.25) is 0 Å². The first kappa shape index (κ1) is 52.8. The van der Waals surface area contributed by atoms with E-state index in [1.807, 2.05) is 5.32 Å². The number of hydrogen-bond donors (Lipinski definition) is 5. The van der Waals surface area contributed by atoms with E-state index in [4.69, 9.17) is 31.8 Å². The van der Waals surface area contributed by atoms with E-state index in [1.165, 1.54) is 167 Å². The number of rotatable bonds is 39. The molecule has 0 aromatic rings. The fourth-order valence-electron chi connectivity index (χ4n) is 6.50. The van der Waals surface area contributed by atoms with Gasteiger partial charge in [-0.3, -0.25) is 25.7 Å². The molecule has 0 aromatic heterocycles. The molecule has 0 saturated carbocycles. The lowest BCUT2D eigenvalue weighted by Crippen LogP contribution is -2.39. The Kier molecular flexibility index (Phi) is 45.6. The van der Waals surface area contributed by atoms with Crippen LogP contribution in [0.1, 0.15) is 245 Å². The highest BCUT2D eigenvalue weighted by Gasteiger charge is 2.05. The van der Waals surface area contributed by atoms with Crippen molar-refractivity contribution in [3.05, 3.63) is 0 Å². The Labute approximate surface area is 328 Å². The summed E-state index contributed by atoms with van der Waals surface area (Å²) in [6, 6.07) is 0. The maximum absolute atomic E-state index is 12.0. The predicted molar refractivity (Wildman–Crippen MR) is 226 cm³/mol. The molecule has 0 amide bonds. The molecular weight excluding hydrogens is 663 g/mol. The van der Waals surface area contributed by atoms with Gasteiger partial charge in [0.15, 0.2) is 11.9 Å². The van der Waals surface area contributed by atoms with Crippen LogP contribution in [0.3, 0.4) is 0 Å². The fourth-order valence-corrected chi connectivity index (χ4v) is 6.50. The van der Waals surface area contributed by atoms with Gasteiger partial charge in [-0.2, -0.15) is 0 Å². The lowest BCUT2D eigenvalue weighted by Gasteiger charge is -2.07. The quantitative estimate of drug-likeness (QED) is 0.0180. The van der Waals surface area contributed by atoms with Gasteiger partial charge in [0.1, 0.15) is 0 Å². The number of unbranched alkanes of at least 4 members (excludes halogenated alkanes) is 31. The molecule has 9 nitrogen and oxygen atoms in total. The third-order valence-corrected chi connectivity index (χ3v) is 9.80. The zero-order valence-corrected chi connectivity index (χ0v) is 35.2. The van der Waals surface area contributed by atoms with Gasteiger partial charge < -0.3 is 20.9 Å². The van der Waals surface area contributed by atoms with Crippen molar-refractivity contribution < 1.29 is 19.1 Å². The summed E-state index contributed by atoms with van der Waals surface area (Å²) in [6.07, 6.45) is 45.1. The second-order valence-corrected chi connectivity index (χ2v) is 15.2. The highest BCUT2D eigenvalue weighted by atomic mass is 16.5. The SMILES string of the molecule is CCCCCCCCCCCCCCCCCC(=O)OCCCCCCOC(=O)CCCCCCCCCCCCCCCCC.N=C(N)NC(=N)N. The molecule has 53 heavy (non-hydrogen) atoms. The monoisotopic (exact) mass is 752 g/mol. The van der Waals surface area contributed by atoms with Crippen molar-refractivity contribution in [1.29, 1.82) is 10.8 Å². The molecule has 0 atom stereocenters. The normalized spacial score (nSPS) is 10.8. The molecule has 0 aliphatic rings. The topological polar surface area (TPSA) is 164 Å². The van der Waals surface area contributed by atoms with E-state index in [0.717, 1.165) is 51.4 Å². The molecule has 0 aliphatic heterocycles. The molecule has 0 saturated heterocycles. The van der Waals surface area contributed by atoms with Gasteiger partial charge in [0.2, 0.25) is 0 Å². The van der Waals surface area contributed by atoms with Crippen LogP contribution >= 0.6 is 0 Å². The van der Waals surface area contributed by atoms with Crippen LogP contribution < -0.4 is 16.8 Å². The molecule has 0 rings (SSSR count). The van der Waals surface area contributed by atoms with Crippen LogP contribution in [-0.4, -0.2) is 37.1 Å². The van der Waals surface area contributed by atoms with Crippen molar-refractivity contribution in [2.45, 2.75) is 245 Å². The zero-order chi connectivity index (χ0) is 39.3. The number of esters is 2. The number of ether oxygens (including phenoxy) is 2. The summed E-state index contributed by atoms with van der Waals surface area (Å²) >= 11 is 0. The summed E-state index contributed by atoms with van der Waals surface area (Å²) in [7, 11) is 0. The Bertz CT molecular complexity index is 747. The first-order valence-electron chi connectivity index (χ1n) is 22.6. The maximum Gasteiger partial charge on any atom is 0.305 e.